The van der Waals surface area contributed by atoms with E-state index in [1.165, 1.54) is 10.3 Å². The van der Waals surface area contributed by atoms with Crippen molar-refractivity contribution in [3.8, 4) is 33.8 Å². The van der Waals surface area contributed by atoms with Crippen molar-refractivity contribution in [1.29, 1.82) is 0 Å². The maximum absolute atomic E-state index is 12.8. The van der Waals surface area contributed by atoms with Gasteiger partial charge < -0.3 is 50.6 Å². The van der Waals surface area contributed by atoms with Crippen LogP contribution in [0.15, 0.2) is 170 Å². The Kier molecular flexibility index (Phi) is 23.8. The molecule has 5 N–H and O–H groups in total. The SMILES string of the molecule is CCCCc1nn(C)c2cc(-c3cc(Nc4ccc(Cl)cc4)nc(N4CCOCC4)n3)ccc12.Cn1nc(CCCN)c2ccc(-c3cc(Nc4ccc(Cl)cc4)nc(N4CCOCC4)n3)cc21.Cn1nc(CCCN2C(=O)c3ccccc3C2=O)c2ccc(-c3cc(Nc4ccc(Cl)cc4)nc(N4CCOCC4)n3)cc21. The summed E-state index contributed by atoms with van der Waals surface area (Å²) in [4.78, 5) is 62.6. The van der Waals surface area contributed by atoms with Gasteiger partial charge in [0.1, 0.15) is 17.5 Å². The maximum atomic E-state index is 12.8. The Morgan fingerprint density at radius 2 is 0.723 bits per heavy atom. The normalized spacial score (nSPS) is 14.4. The summed E-state index contributed by atoms with van der Waals surface area (Å²) >= 11 is 18.2. The van der Waals surface area contributed by atoms with E-state index in [4.69, 9.17) is 99.9 Å². The third kappa shape index (κ3) is 17.8. The molecule has 7 aromatic carbocycles. The van der Waals surface area contributed by atoms with Crippen molar-refractivity contribution in [3.63, 3.8) is 0 Å². The molecule has 2 amide bonds. The Hall–Kier alpha value is -11.2. The first kappa shape index (κ1) is 76.2. The number of unbranched alkanes of at least 4 members (excludes halogenated alkanes) is 1. The highest BCUT2D eigenvalue weighted by Crippen LogP contribution is 2.35. The van der Waals surface area contributed by atoms with E-state index in [1.54, 1.807) is 24.3 Å². The molecule has 3 saturated heterocycles. The summed E-state index contributed by atoms with van der Waals surface area (Å²) in [6, 6.07) is 54.6. The van der Waals surface area contributed by atoms with Gasteiger partial charge in [-0.2, -0.15) is 30.2 Å². The fourth-order valence-electron chi connectivity index (χ4n) is 14.2. The number of hydrogen-bond donors (Lipinski definition) is 4. The molecule has 13 aromatic rings. The summed E-state index contributed by atoms with van der Waals surface area (Å²) in [5, 5.41) is 29.9. The Balaban J connectivity index is 0.000000135. The molecular weight excluding hydrogens is 1480 g/mol. The number of hydrogen-bond acceptors (Lipinski definition) is 21. The van der Waals surface area contributed by atoms with Crippen molar-refractivity contribution in [1.82, 2.24) is 64.1 Å². The second kappa shape index (κ2) is 35.0. The number of nitrogens with two attached hydrogens (primary N) is 1. The fourth-order valence-corrected chi connectivity index (χ4v) is 14.6. The standard InChI is InChI=1S/C33H30ClN7O3.C26H29ClN6O.C25H28ClN7O/c1-39-29-19-21(8-13-26(29)27(38-39)7-4-14-41-31(42)24-5-2-3-6-25(24)32(41)43)28-20-30(35-23-11-9-22(34)10-12-23)37-33(36-28)40-15-17-44-18-16-40;1-3-4-5-22-21-11-6-18(16-24(21)32(2)31-22)23-17-25(28-20-9-7-19(27)8-10-20)30-26(29-23)33-12-14-34-15-13-33;1-32-23-15-17(4-9-20(23)21(31-32)3-2-10-27)22-16-24(28-19-7-5-18(26)6-8-19)30-25(29-22)33-11-13-34-14-12-33/h2-3,5-6,8-13,19-20H,4,7,14-18H2,1H3,(H,35,36,37);6-11,16-17H,3-5,12-15H2,1-2H3,(H,28,29,30);4-9,15-16H,2-3,10-14,27H2,1H3,(H,28,29,30). The summed E-state index contributed by atoms with van der Waals surface area (Å²) in [5.74, 6) is 3.71. The van der Waals surface area contributed by atoms with Crippen molar-refractivity contribution in [2.24, 2.45) is 26.9 Å². The number of imide groups is 1. The van der Waals surface area contributed by atoms with Gasteiger partial charge in [-0.25, -0.2) is 15.0 Å². The molecule has 574 valence electrons. The van der Waals surface area contributed by atoms with Crippen LogP contribution >= 0.6 is 34.8 Å². The van der Waals surface area contributed by atoms with Crippen LogP contribution in [0.1, 0.15) is 70.4 Å². The highest BCUT2D eigenvalue weighted by atomic mass is 35.5. The van der Waals surface area contributed by atoms with Gasteiger partial charge in [0, 0.05) is 150 Å². The monoisotopic (exact) mass is 1560 g/mol. The van der Waals surface area contributed by atoms with Crippen molar-refractivity contribution in [3.05, 3.63) is 213 Å². The van der Waals surface area contributed by atoms with E-state index in [9.17, 15) is 9.59 Å². The first-order valence-corrected chi connectivity index (χ1v) is 39.1. The van der Waals surface area contributed by atoms with Crippen LogP contribution in [0.4, 0.5) is 52.4 Å². The molecule has 0 aliphatic carbocycles. The second-order valence-corrected chi connectivity index (χ2v) is 29.1. The zero-order chi connectivity index (χ0) is 77.2. The second-order valence-electron chi connectivity index (χ2n) is 27.8. The number of aromatic nitrogens is 12. The minimum absolute atomic E-state index is 0.229. The molecule has 6 aromatic heterocycles. The molecule has 0 atom stereocenters. The van der Waals surface area contributed by atoms with Crippen LogP contribution in [-0.4, -0.2) is 168 Å². The van der Waals surface area contributed by atoms with Gasteiger partial charge in [0.25, 0.3) is 11.8 Å². The fraction of sp³-hybridized carbons (Fsp3) is 0.298. The molecule has 0 bridgehead atoms. The number of benzene rings is 7. The number of carbonyl (C=O) groups is 2. The van der Waals surface area contributed by atoms with Crippen LogP contribution in [0.25, 0.3) is 66.5 Å². The number of halogens is 3. The van der Waals surface area contributed by atoms with Crippen molar-refractivity contribution < 1.29 is 23.8 Å². The minimum atomic E-state index is -0.229. The highest BCUT2D eigenvalue weighted by molar-refractivity contribution is 6.31. The first-order chi connectivity index (χ1) is 54.6. The molecule has 112 heavy (non-hydrogen) atoms. The van der Waals surface area contributed by atoms with Gasteiger partial charge >= 0.3 is 0 Å². The van der Waals surface area contributed by atoms with Crippen LogP contribution in [0.2, 0.25) is 15.1 Å². The molecule has 3 fully saturated rings. The summed E-state index contributed by atoms with van der Waals surface area (Å²) < 4.78 is 22.4. The van der Waals surface area contributed by atoms with Gasteiger partial charge in [-0.3, -0.25) is 28.5 Å². The van der Waals surface area contributed by atoms with E-state index in [1.807, 2.05) is 126 Å². The van der Waals surface area contributed by atoms with E-state index in [2.05, 4.69) is 92.2 Å². The number of rotatable bonds is 22. The number of ether oxygens (including phenoxy) is 3. The number of nitrogens with one attached hydrogen (secondary N) is 3. The lowest BCUT2D eigenvalue weighted by molar-refractivity contribution is 0.0652. The molecule has 17 rings (SSSR count). The zero-order valence-electron chi connectivity index (χ0n) is 62.9. The summed E-state index contributed by atoms with van der Waals surface area (Å²) in [5.41, 5.74) is 21.2. The smallest absolute Gasteiger partial charge is 0.261 e. The van der Waals surface area contributed by atoms with E-state index in [0.717, 1.165) is 165 Å². The molecule has 4 aliphatic heterocycles. The molecule has 0 radical (unpaired) electrons. The Morgan fingerprint density at radius 3 is 1.04 bits per heavy atom. The molecule has 25 nitrogen and oxygen atoms in total. The van der Waals surface area contributed by atoms with Gasteiger partial charge in [-0.15, -0.1) is 0 Å². The van der Waals surface area contributed by atoms with Gasteiger partial charge in [0.2, 0.25) is 17.8 Å². The quantitative estimate of drug-likeness (QED) is 0.0459. The number of nitrogens with zero attached hydrogens (tertiary/aromatic N) is 16. The van der Waals surface area contributed by atoms with E-state index >= 15 is 0 Å². The van der Waals surface area contributed by atoms with Crippen molar-refractivity contribution in [2.45, 2.75) is 51.9 Å². The minimum Gasteiger partial charge on any atom is -0.378 e. The lowest BCUT2D eigenvalue weighted by atomic mass is 10.1. The molecule has 4 aliphatic rings. The topological polar surface area (TPSA) is 268 Å². The van der Waals surface area contributed by atoms with Crippen molar-refractivity contribution in [2.75, 3.05) is 123 Å². The number of carbonyl (C=O) groups excluding carboxylic acids is 2. The van der Waals surface area contributed by atoms with E-state index in [-0.39, 0.29) is 11.8 Å². The number of aryl methyl sites for hydroxylation is 6. The molecule has 0 spiro atoms. The molecular formula is C84H87Cl3N20O5. The molecule has 0 saturated carbocycles. The Morgan fingerprint density at radius 1 is 0.402 bits per heavy atom. The zero-order valence-corrected chi connectivity index (χ0v) is 65.2. The molecule has 0 unspecified atom stereocenters. The summed E-state index contributed by atoms with van der Waals surface area (Å²) in [7, 11) is 5.91. The predicted molar refractivity (Wildman–Crippen MR) is 445 cm³/mol. The average Bonchev–Trinajstić information content (AvgIpc) is 1.58. The third-order valence-electron chi connectivity index (χ3n) is 20.1. The average molecular weight is 1560 g/mol. The van der Waals surface area contributed by atoms with Gasteiger partial charge in [0.05, 0.1) is 101 Å². The summed E-state index contributed by atoms with van der Waals surface area (Å²) in [6.07, 6.45) is 6.34. The molecule has 10 heterocycles. The number of amides is 2. The summed E-state index contributed by atoms with van der Waals surface area (Å²) in [6.45, 7) is 11.6. The lowest BCUT2D eigenvalue weighted by Gasteiger charge is -2.27. The number of anilines is 9. The van der Waals surface area contributed by atoms with Crippen LogP contribution in [0.5, 0.6) is 0 Å². The molecule has 28 heteroatoms. The van der Waals surface area contributed by atoms with Gasteiger partial charge in [-0.05, 0) is 148 Å². The Bertz CT molecular complexity index is 5270. The van der Waals surface area contributed by atoms with Crippen LogP contribution in [-0.2, 0) is 54.6 Å². The Labute approximate surface area is 664 Å². The predicted octanol–water partition coefficient (Wildman–Crippen LogP) is 15.3. The third-order valence-corrected chi connectivity index (χ3v) is 20.9. The largest absolute Gasteiger partial charge is 0.378 e. The lowest BCUT2D eigenvalue weighted by Crippen LogP contribution is -2.37. The van der Waals surface area contributed by atoms with Crippen LogP contribution < -0.4 is 36.4 Å². The number of morpholine rings is 3. The maximum Gasteiger partial charge on any atom is 0.261 e. The van der Waals surface area contributed by atoms with Crippen LogP contribution in [0.3, 0.4) is 0 Å². The van der Waals surface area contributed by atoms with Crippen molar-refractivity contribution >= 4 is 132 Å². The van der Waals surface area contributed by atoms with E-state index in [0.29, 0.717) is 129 Å². The highest BCUT2D eigenvalue weighted by Gasteiger charge is 2.35. The van der Waals surface area contributed by atoms with Crippen LogP contribution in [0, 0.1) is 0 Å². The first-order valence-electron chi connectivity index (χ1n) is 37.9. The van der Waals surface area contributed by atoms with Gasteiger partial charge in [-0.1, -0.05) is 96.7 Å². The number of fused-ring (bicyclic) bond motifs is 4. The van der Waals surface area contributed by atoms with Gasteiger partial charge in [0.15, 0.2) is 0 Å². The van der Waals surface area contributed by atoms with E-state index < -0.39 is 0 Å².